The van der Waals surface area contributed by atoms with Gasteiger partial charge in [-0.1, -0.05) is 12.1 Å². The minimum Gasteiger partial charge on any atom is -0.381 e. The van der Waals surface area contributed by atoms with E-state index in [4.69, 9.17) is 4.74 Å². The second-order valence-electron chi connectivity index (χ2n) is 5.54. The fourth-order valence-electron chi connectivity index (χ4n) is 3.55. The highest BCUT2D eigenvalue weighted by Crippen LogP contribution is 2.47. The average molecular weight is 249 g/mol. The highest BCUT2D eigenvalue weighted by Gasteiger charge is 2.42. The standard InChI is InChI=1S/C15H20FNO/c16-13-3-1-2-12(10-13)14-11-17-7-4-15(14)5-8-18-9-6-15/h1-3,10,14,17H,4-9,11H2. The van der Waals surface area contributed by atoms with Gasteiger partial charge >= 0.3 is 0 Å². The smallest absolute Gasteiger partial charge is 0.123 e. The molecule has 1 aromatic carbocycles. The van der Waals surface area contributed by atoms with Crippen molar-refractivity contribution in [3.8, 4) is 0 Å². The zero-order chi connectivity index (χ0) is 12.4. The normalized spacial score (nSPS) is 27.3. The SMILES string of the molecule is Fc1cccc(C2CNCCC23CCOCC3)c1. The van der Waals surface area contributed by atoms with Gasteiger partial charge in [-0.3, -0.25) is 0 Å². The number of nitrogens with one attached hydrogen (secondary N) is 1. The van der Waals surface area contributed by atoms with Crippen LogP contribution >= 0.6 is 0 Å². The van der Waals surface area contributed by atoms with Crippen LogP contribution in [-0.2, 0) is 4.74 Å². The van der Waals surface area contributed by atoms with E-state index in [1.807, 2.05) is 6.07 Å². The molecular formula is C15H20FNO. The second kappa shape index (κ2) is 4.98. The lowest BCUT2D eigenvalue weighted by molar-refractivity contribution is -0.0135. The molecule has 1 unspecified atom stereocenters. The lowest BCUT2D eigenvalue weighted by atomic mass is 9.63. The molecule has 2 aliphatic rings. The van der Waals surface area contributed by atoms with Gasteiger partial charge in [-0.15, -0.1) is 0 Å². The minimum absolute atomic E-state index is 0.125. The molecule has 1 N–H and O–H groups in total. The maximum atomic E-state index is 13.4. The summed E-state index contributed by atoms with van der Waals surface area (Å²) in [6.45, 7) is 3.74. The van der Waals surface area contributed by atoms with Crippen molar-refractivity contribution in [2.24, 2.45) is 5.41 Å². The zero-order valence-corrected chi connectivity index (χ0v) is 10.6. The Labute approximate surface area is 108 Å². The highest BCUT2D eigenvalue weighted by atomic mass is 19.1. The Morgan fingerprint density at radius 3 is 2.83 bits per heavy atom. The zero-order valence-electron chi connectivity index (χ0n) is 10.6. The molecule has 2 fully saturated rings. The summed E-state index contributed by atoms with van der Waals surface area (Å²) in [4.78, 5) is 0. The third-order valence-corrected chi connectivity index (χ3v) is 4.63. The predicted molar refractivity (Wildman–Crippen MR) is 69.1 cm³/mol. The van der Waals surface area contributed by atoms with Crippen molar-refractivity contribution in [3.63, 3.8) is 0 Å². The van der Waals surface area contributed by atoms with Crippen LogP contribution in [0.2, 0.25) is 0 Å². The Balaban J connectivity index is 1.91. The second-order valence-corrected chi connectivity index (χ2v) is 5.54. The first-order valence-corrected chi connectivity index (χ1v) is 6.84. The third kappa shape index (κ3) is 2.17. The number of rotatable bonds is 1. The first kappa shape index (κ1) is 12.1. The highest BCUT2D eigenvalue weighted by molar-refractivity contribution is 5.25. The molecule has 1 spiro atoms. The van der Waals surface area contributed by atoms with Gasteiger partial charge < -0.3 is 10.1 Å². The van der Waals surface area contributed by atoms with Crippen molar-refractivity contribution < 1.29 is 9.13 Å². The molecule has 2 aliphatic heterocycles. The van der Waals surface area contributed by atoms with Gasteiger partial charge in [0.05, 0.1) is 0 Å². The van der Waals surface area contributed by atoms with Gasteiger partial charge in [0.25, 0.3) is 0 Å². The van der Waals surface area contributed by atoms with Crippen molar-refractivity contribution in [1.82, 2.24) is 5.32 Å². The summed E-state index contributed by atoms with van der Waals surface area (Å²) < 4.78 is 18.9. The molecule has 2 heterocycles. The lowest BCUT2D eigenvalue weighted by Gasteiger charge is -2.47. The van der Waals surface area contributed by atoms with Gasteiger partial charge in [0, 0.05) is 25.7 Å². The number of hydrogen-bond donors (Lipinski definition) is 1. The number of ether oxygens (including phenoxy) is 1. The summed E-state index contributed by atoms with van der Waals surface area (Å²) in [5, 5.41) is 3.46. The van der Waals surface area contributed by atoms with Crippen LogP contribution in [0.25, 0.3) is 0 Å². The van der Waals surface area contributed by atoms with E-state index in [1.54, 1.807) is 6.07 Å². The van der Waals surface area contributed by atoms with E-state index in [9.17, 15) is 4.39 Å². The Morgan fingerprint density at radius 2 is 2.06 bits per heavy atom. The molecule has 98 valence electrons. The predicted octanol–water partition coefficient (Wildman–Crippen LogP) is 2.70. The van der Waals surface area contributed by atoms with Gasteiger partial charge in [0.15, 0.2) is 0 Å². The maximum Gasteiger partial charge on any atom is 0.123 e. The van der Waals surface area contributed by atoms with Gasteiger partial charge in [-0.25, -0.2) is 4.39 Å². The number of hydrogen-bond acceptors (Lipinski definition) is 2. The molecule has 1 aromatic rings. The number of benzene rings is 1. The number of piperidine rings is 1. The van der Waals surface area contributed by atoms with E-state index in [0.29, 0.717) is 11.3 Å². The van der Waals surface area contributed by atoms with Crippen LogP contribution in [0, 0.1) is 11.2 Å². The third-order valence-electron chi connectivity index (χ3n) is 4.63. The fraction of sp³-hybridized carbons (Fsp3) is 0.600. The van der Waals surface area contributed by atoms with E-state index in [-0.39, 0.29) is 5.82 Å². The summed E-state index contributed by atoms with van der Waals surface area (Å²) in [6.07, 6.45) is 3.39. The van der Waals surface area contributed by atoms with Crippen LogP contribution in [0.15, 0.2) is 24.3 Å². The van der Waals surface area contributed by atoms with Crippen LogP contribution in [-0.4, -0.2) is 26.3 Å². The lowest BCUT2D eigenvalue weighted by Crippen LogP contribution is -2.46. The minimum atomic E-state index is -0.125. The van der Waals surface area contributed by atoms with E-state index in [2.05, 4.69) is 11.4 Å². The Kier molecular flexibility index (Phi) is 3.35. The van der Waals surface area contributed by atoms with Crippen LogP contribution in [0.1, 0.15) is 30.7 Å². The summed E-state index contributed by atoms with van der Waals surface area (Å²) >= 11 is 0. The first-order chi connectivity index (χ1) is 8.80. The molecule has 0 aliphatic carbocycles. The van der Waals surface area contributed by atoms with Gasteiger partial charge in [-0.2, -0.15) is 0 Å². The van der Waals surface area contributed by atoms with Crippen molar-refractivity contribution in [2.45, 2.75) is 25.2 Å². The summed E-state index contributed by atoms with van der Waals surface area (Å²) in [5.74, 6) is 0.297. The van der Waals surface area contributed by atoms with Gasteiger partial charge in [0.1, 0.15) is 5.82 Å². The van der Waals surface area contributed by atoms with Crippen LogP contribution < -0.4 is 5.32 Å². The fourth-order valence-corrected chi connectivity index (χ4v) is 3.55. The monoisotopic (exact) mass is 249 g/mol. The van der Waals surface area contributed by atoms with E-state index in [0.717, 1.165) is 44.7 Å². The molecule has 3 heteroatoms. The molecule has 18 heavy (non-hydrogen) atoms. The average Bonchev–Trinajstić information content (AvgIpc) is 2.40. The van der Waals surface area contributed by atoms with Crippen molar-refractivity contribution in [2.75, 3.05) is 26.3 Å². The topological polar surface area (TPSA) is 21.3 Å². The van der Waals surface area contributed by atoms with Crippen LogP contribution in [0.3, 0.4) is 0 Å². The first-order valence-electron chi connectivity index (χ1n) is 6.84. The molecule has 0 amide bonds. The molecule has 2 saturated heterocycles. The molecule has 1 atom stereocenters. The number of halogens is 1. The Morgan fingerprint density at radius 1 is 1.22 bits per heavy atom. The van der Waals surface area contributed by atoms with E-state index in [1.165, 1.54) is 12.5 Å². The largest absolute Gasteiger partial charge is 0.381 e. The maximum absolute atomic E-state index is 13.4. The van der Waals surface area contributed by atoms with Crippen molar-refractivity contribution in [3.05, 3.63) is 35.6 Å². The van der Waals surface area contributed by atoms with E-state index >= 15 is 0 Å². The van der Waals surface area contributed by atoms with E-state index < -0.39 is 0 Å². The molecule has 2 nitrogen and oxygen atoms in total. The Hall–Kier alpha value is -0.930. The molecule has 0 radical (unpaired) electrons. The molecule has 0 saturated carbocycles. The van der Waals surface area contributed by atoms with Gasteiger partial charge in [0.2, 0.25) is 0 Å². The molecular weight excluding hydrogens is 229 g/mol. The Bertz CT molecular complexity index is 406. The van der Waals surface area contributed by atoms with Crippen molar-refractivity contribution >= 4 is 0 Å². The molecule has 0 aromatic heterocycles. The van der Waals surface area contributed by atoms with Crippen molar-refractivity contribution in [1.29, 1.82) is 0 Å². The molecule has 3 rings (SSSR count). The van der Waals surface area contributed by atoms with Gasteiger partial charge in [-0.05, 0) is 48.9 Å². The summed E-state index contributed by atoms with van der Waals surface area (Å²) in [7, 11) is 0. The molecule has 0 bridgehead atoms. The van der Waals surface area contributed by atoms with Crippen LogP contribution in [0.4, 0.5) is 4.39 Å². The van der Waals surface area contributed by atoms with Crippen LogP contribution in [0.5, 0.6) is 0 Å². The quantitative estimate of drug-likeness (QED) is 0.826. The summed E-state index contributed by atoms with van der Waals surface area (Å²) in [6, 6.07) is 7.12. The summed E-state index contributed by atoms with van der Waals surface area (Å²) in [5.41, 5.74) is 1.46.